The van der Waals surface area contributed by atoms with Gasteiger partial charge in [0.05, 0.1) is 0 Å². The van der Waals surface area contributed by atoms with Gasteiger partial charge < -0.3 is 5.73 Å². The Kier molecular flexibility index (Phi) is 4.39. The lowest BCUT2D eigenvalue weighted by molar-refractivity contribution is 0.362. The van der Waals surface area contributed by atoms with Crippen LogP contribution in [0.4, 0.5) is 22.0 Å². The van der Waals surface area contributed by atoms with Crippen molar-refractivity contribution in [2.75, 3.05) is 0 Å². The van der Waals surface area contributed by atoms with E-state index in [0.29, 0.717) is 6.42 Å². The molecule has 0 aliphatic heterocycles. The SMILES string of the molecule is NC(CCc1ccsc1)c1c(F)c(F)c(F)c(F)c1F. The minimum absolute atomic E-state index is 0.0785. The van der Waals surface area contributed by atoms with Gasteiger partial charge in [-0.3, -0.25) is 0 Å². The average molecular weight is 307 g/mol. The molecule has 2 N–H and O–H groups in total. The monoisotopic (exact) mass is 307 g/mol. The zero-order valence-electron chi connectivity index (χ0n) is 10.1. The number of benzene rings is 1. The van der Waals surface area contributed by atoms with Gasteiger partial charge in [0.1, 0.15) is 0 Å². The summed E-state index contributed by atoms with van der Waals surface area (Å²) in [7, 11) is 0. The Morgan fingerprint density at radius 1 is 0.950 bits per heavy atom. The fourth-order valence-electron chi connectivity index (χ4n) is 1.85. The third-order valence-electron chi connectivity index (χ3n) is 2.94. The minimum Gasteiger partial charge on any atom is -0.324 e. The van der Waals surface area contributed by atoms with Gasteiger partial charge in [0.25, 0.3) is 0 Å². The number of nitrogens with two attached hydrogens (primary N) is 1. The van der Waals surface area contributed by atoms with Gasteiger partial charge in [-0.05, 0) is 35.2 Å². The summed E-state index contributed by atoms with van der Waals surface area (Å²) in [6.07, 6.45) is 0.471. The highest BCUT2D eigenvalue weighted by Gasteiger charge is 2.28. The predicted molar refractivity (Wildman–Crippen MR) is 65.8 cm³/mol. The molecular formula is C13H10F5NS. The van der Waals surface area contributed by atoms with Crippen LogP contribution < -0.4 is 5.73 Å². The Morgan fingerprint density at radius 2 is 1.50 bits per heavy atom. The zero-order chi connectivity index (χ0) is 14.9. The van der Waals surface area contributed by atoms with Crippen molar-refractivity contribution >= 4 is 11.3 Å². The fraction of sp³-hybridized carbons (Fsp3) is 0.231. The van der Waals surface area contributed by atoms with Gasteiger partial charge in [0.15, 0.2) is 23.3 Å². The molecule has 1 heterocycles. The van der Waals surface area contributed by atoms with Crippen molar-refractivity contribution in [2.45, 2.75) is 18.9 Å². The Bertz CT molecular complexity index is 583. The Labute approximate surface area is 115 Å². The van der Waals surface area contributed by atoms with E-state index in [9.17, 15) is 22.0 Å². The standard InChI is InChI=1S/C13H10F5NS/c14-9-8(10(15)12(17)13(18)11(9)16)7(19)2-1-6-3-4-20-5-6/h3-5,7H,1-2,19H2. The first kappa shape index (κ1) is 14.9. The molecule has 0 aliphatic rings. The van der Waals surface area contributed by atoms with E-state index in [0.717, 1.165) is 5.56 Å². The number of hydrogen-bond acceptors (Lipinski definition) is 2. The Hall–Kier alpha value is -1.47. The van der Waals surface area contributed by atoms with Gasteiger partial charge >= 0.3 is 0 Å². The molecule has 1 aromatic carbocycles. The van der Waals surface area contributed by atoms with E-state index in [4.69, 9.17) is 5.73 Å². The molecule has 0 saturated carbocycles. The zero-order valence-corrected chi connectivity index (χ0v) is 10.9. The van der Waals surface area contributed by atoms with Crippen LogP contribution in [0.25, 0.3) is 0 Å². The number of hydrogen-bond donors (Lipinski definition) is 1. The average Bonchev–Trinajstić information content (AvgIpc) is 2.94. The molecule has 0 bridgehead atoms. The number of aryl methyl sites for hydroxylation is 1. The van der Waals surface area contributed by atoms with Crippen molar-refractivity contribution in [3.05, 3.63) is 57.0 Å². The summed E-state index contributed by atoms with van der Waals surface area (Å²) in [5.74, 6) is -9.83. The summed E-state index contributed by atoms with van der Waals surface area (Å²) in [5.41, 5.74) is 5.50. The molecule has 0 aliphatic carbocycles. The summed E-state index contributed by atoms with van der Waals surface area (Å²) >= 11 is 1.44. The van der Waals surface area contributed by atoms with Crippen LogP contribution in [0.15, 0.2) is 16.8 Å². The van der Waals surface area contributed by atoms with E-state index in [1.165, 1.54) is 11.3 Å². The van der Waals surface area contributed by atoms with Gasteiger partial charge in [-0.15, -0.1) is 0 Å². The Morgan fingerprint density at radius 3 is 2.00 bits per heavy atom. The van der Waals surface area contributed by atoms with Crippen LogP contribution in [0.5, 0.6) is 0 Å². The maximum atomic E-state index is 13.5. The topological polar surface area (TPSA) is 26.0 Å². The summed E-state index contributed by atoms with van der Waals surface area (Å²) in [5, 5.41) is 3.64. The highest BCUT2D eigenvalue weighted by Crippen LogP contribution is 2.29. The van der Waals surface area contributed by atoms with Crippen molar-refractivity contribution < 1.29 is 22.0 Å². The number of thiophene rings is 1. The van der Waals surface area contributed by atoms with Crippen LogP contribution >= 0.6 is 11.3 Å². The largest absolute Gasteiger partial charge is 0.324 e. The molecule has 1 unspecified atom stereocenters. The van der Waals surface area contributed by atoms with Crippen molar-refractivity contribution in [1.82, 2.24) is 0 Å². The third kappa shape index (κ3) is 2.69. The van der Waals surface area contributed by atoms with Crippen LogP contribution in [0.3, 0.4) is 0 Å². The van der Waals surface area contributed by atoms with Crippen molar-refractivity contribution in [3.8, 4) is 0 Å². The van der Waals surface area contributed by atoms with Crippen LogP contribution in [0.2, 0.25) is 0 Å². The number of halogens is 5. The first-order chi connectivity index (χ1) is 9.43. The summed E-state index contributed by atoms with van der Waals surface area (Å²) in [4.78, 5) is 0. The molecule has 1 atom stereocenters. The summed E-state index contributed by atoms with van der Waals surface area (Å²) in [6.45, 7) is 0. The third-order valence-corrected chi connectivity index (χ3v) is 3.67. The quantitative estimate of drug-likeness (QED) is 0.514. The Balaban J connectivity index is 2.27. The van der Waals surface area contributed by atoms with Gasteiger partial charge in [0, 0.05) is 11.6 Å². The van der Waals surface area contributed by atoms with E-state index in [1.807, 2.05) is 10.8 Å². The summed E-state index contributed by atoms with van der Waals surface area (Å²) in [6, 6.07) is 0.537. The molecule has 0 radical (unpaired) electrons. The molecule has 1 aromatic heterocycles. The molecule has 0 saturated heterocycles. The maximum absolute atomic E-state index is 13.5. The van der Waals surface area contributed by atoms with Gasteiger partial charge in [0.2, 0.25) is 5.82 Å². The second-order valence-corrected chi connectivity index (χ2v) is 5.04. The molecule has 0 spiro atoms. The normalized spacial score (nSPS) is 12.7. The lowest BCUT2D eigenvalue weighted by atomic mass is 9.99. The van der Waals surface area contributed by atoms with Gasteiger partial charge in [-0.25, -0.2) is 22.0 Å². The van der Waals surface area contributed by atoms with E-state index in [1.54, 1.807) is 6.07 Å². The second kappa shape index (κ2) is 5.88. The number of rotatable bonds is 4. The molecule has 2 aromatic rings. The first-order valence-corrected chi connectivity index (χ1v) is 6.65. The predicted octanol–water partition coefficient (Wildman–Crippen LogP) is 4.08. The molecule has 108 valence electrons. The van der Waals surface area contributed by atoms with Crippen molar-refractivity contribution in [2.24, 2.45) is 5.73 Å². The molecular weight excluding hydrogens is 297 g/mol. The van der Waals surface area contributed by atoms with E-state index < -0.39 is 40.7 Å². The maximum Gasteiger partial charge on any atom is 0.200 e. The van der Waals surface area contributed by atoms with Gasteiger partial charge in [-0.1, -0.05) is 0 Å². The lowest BCUT2D eigenvalue weighted by Gasteiger charge is -2.15. The minimum atomic E-state index is -2.17. The second-order valence-electron chi connectivity index (χ2n) is 4.26. The van der Waals surface area contributed by atoms with Crippen molar-refractivity contribution in [1.29, 1.82) is 0 Å². The van der Waals surface area contributed by atoms with Crippen LogP contribution in [-0.4, -0.2) is 0 Å². The van der Waals surface area contributed by atoms with Gasteiger partial charge in [-0.2, -0.15) is 11.3 Å². The highest BCUT2D eigenvalue weighted by atomic mass is 32.1. The first-order valence-electron chi connectivity index (χ1n) is 5.71. The van der Waals surface area contributed by atoms with Crippen molar-refractivity contribution in [3.63, 3.8) is 0 Å². The molecule has 7 heteroatoms. The van der Waals surface area contributed by atoms with Crippen LogP contribution in [0.1, 0.15) is 23.6 Å². The lowest BCUT2D eigenvalue weighted by Crippen LogP contribution is -2.18. The van der Waals surface area contributed by atoms with E-state index in [-0.39, 0.29) is 6.42 Å². The molecule has 0 amide bonds. The molecule has 0 fully saturated rings. The molecule has 20 heavy (non-hydrogen) atoms. The summed E-state index contributed by atoms with van der Waals surface area (Å²) < 4.78 is 66.1. The highest BCUT2D eigenvalue weighted by molar-refractivity contribution is 7.07. The van der Waals surface area contributed by atoms with E-state index >= 15 is 0 Å². The molecule has 2 rings (SSSR count). The van der Waals surface area contributed by atoms with Crippen LogP contribution in [-0.2, 0) is 6.42 Å². The van der Waals surface area contributed by atoms with E-state index in [2.05, 4.69) is 0 Å². The fourth-order valence-corrected chi connectivity index (χ4v) is 2.55. The molecule has 1 nitrogen and oxygen atoms in total. The smallest absolute Gasteiger partial charge is 0.200 e. The van der Waals surface area contributed by atoms with Crippen LogP contribution in [0, 0.1) is 29.1 Å².